The first kappa shape index (κ1) is 26.0. The second kappa shape index (κ2) is 10.9. The molecule has 37 heavy (non-hydrogen) atoms. The summed E-state index contributed by atoms with van der Waals surface area (Å²) in [4.78, 5) is 43.4. The van der Waals surface area contributed by atoms with Crippen LogP contribution in [0.2, 0.25) is 0 Å². The molecule has 0 radical (unpaired) electrons. The van der Waals surface area contributed by atoms with Crippen molar-refractivity contribution in [2.45, 2.75) is 30.8 Å². The van der Waals surface area contributed by atoms with Crippen molar-refractivity contribution in [3.05, 3.63) is 84.2 Å². The molecule has 0 bridgehead atoms. The molecule has 1 aromatic heterocycles. The zero-order valence-corrected chi connectivity index (χ0v) is 21.1. The molecule has 11 heteroatoms. The van der Waals surface area contributed by atoms with Crippen molar-refractivity contribution < 1.29 is 32.3 Å². The number of carbonyl (C=O) groups is 3. The Balaban J connectivity index is 1.68. The number of hydrogen-bond donors (Lipinski definition) is 0. The Morgan fingerprint density at radius 3 is 2.38 bits per heavy atom. The molecule has 1 aliphatic heterocycles. The number of esters is 1. The second-order valence-electron chi connectivity index (χ2n) is 8.14. The molecule has 1 saturated heterocycles. The molecule has 2 amide bonds. The molecule has 0 N–H and O–H groups in total. The third-order valence-electron chi connectivity index (χ3n) is 5.83. The predicted octanol–water partition coefficient (Wildman–Crippen LogP) is 2.79. The number of carbonyl (C=O) groups excluding carboxylic acids is 3. The van der Waals surface area contributed by atoms with E-state index in [0.717, 1.165) is 9.21 Å². The van der Waals surface area contributed by atoms with Crippen molar-refractivity contribution >= 4 is 33.5 Å². The molecule has 0 saturated carbocycles. The number of rotatable bonds is 9. The molecule has 4 rings (SSSR count). The second-order valence-corrected chi connectivity index (χ2v) is 10.0. The van der Waals surface area contributed by atoms with E-state index in [1.165, 1.54) is 61.8 Å². The van der Waals surface area contributed by atoms with Crippen LogP contribution in [0.5, 0.6) is 5.75 Å². The molecule has 10 nitrogen and oxygen atoms in total. The molecule has 0 spiro atoms. The predicted molar refractivity (Wildman–Crippen MR) is 133 cm³/mol. The maximum atomic E-state index is 13.7. The minimum atomic E-state index is -4.20. The van der Waals surface area contributed by atoms with Crippen molar-refractivity contribution in [1.82, 2.24) is 9.29 Å². The minimum Gasteiger partial charge on any atom is -0.497 e. The Labute approximate surface area is 214 Å². The molecule has 1 unspecified atom stereocenters. The van der Waals surface area contributed by atoms with Gasteiger partial charge in [-0.2, -0.15) is 4.31 Å². The van der Waals surface area contributed by atoms with E-state index in [2.05, 4.69) is 4.98 Å². The molecule has 2 heterocycles. The van der Waals surface area contributed by atoms with Crippen molar-refractivity contribution in [2.75, 3.05) is 18.6 Å². The highest BCUT2D eigenvalue weighted by Crippen LogP contribution is 2.31. The van der Waals surface area contributed by atoms with Gasteiger partial charge in [0.1, 0.15) is 11.8 Å². The molecule has 1 aliphatic rings. The normalized spacial score (nSPS) is 15.8. The number of sulfonamides is 1. The van der Waals surface area contributed by atoms with Gasteiger partial charge in [-0.25, -0.2) is 18.1 Å². The van der Waals surface area contributed by atoms with Gasteiger partial charge < -0.3 is 9.47 Å². The van der Waals surface area contributed by atoms with Crippen LogP contribution in [0, 0.1) is 0 Å². The van der Waals surface area contributed by atoms with Crippen LogP contribution in [0.1, 0.15) is 29.3 Å². The number of nitrogens with zero attached hydrogens (tertiary/aromatic N) is 3. The highest BCUT2D eigenvalue weighted by atomic mass is 32.2. The Hall–Kier alpha value is -4.09. The Bertz CT molecular complexity index is 1390. The summed E-state index contributed by atoms with van der Waals surface area (Å²) >= 11 is 0. The van der Waals surface area contributed by atoms with E-state index in [-0.39, 0.29) is 35.7 Å². The molecule has 3 aromatic rings. The molecule has 1 fully saturated rings. The maximum absolute atomic E-state index is 13.7. The van der Waals surface area contributed by atoms with E-state index >= 15 is 0 Å². The van der Waals surface area contributed by atoms with Gasteiger partial charge in [-0.3, -0.25) is 14.6 Å². The zero-order valence-electron chi connectivity index (χ0n) is 20.2. The Morgan fingerprint density at radius 1 is 1.08 bits per heavy atom. The minimum absolute atomic E-state index is 0.0466. The Morgan fingerprint density at radius 2 is 1.78 bits per heavy atom. The number of benzene rings is 2. The molecule has 0 aliphatic carbocycles. The molecular formula is C26H25N3O7S. The quantitative estimate of drug-likeness (QED) is 0.310. The number of methoxy groups -OCH3 is 1. The lowest BCUT2D eigenvalue weighted by Gasteiger charge is -2.27. The number of aromatic nitrogens is 1. The average Bonchev–Trinajstić information content (AvgIpc) is 3.21. The van der Waals surface area contributed by atoms with Gasteiger partial charge >= 0.3 is 5.97 Å². The van der Waals surface area contributed by atoms with Crippen LogP contribution in [-0.4, -0.2) is 55.2 Å². The van der Waals surface area contributed by atoms with Crippen LogP contribution in [-0.2, 0) is 30.9 Å². The van der Waals surface area contributed by atoms with Gasteiger partial charge in [-0.1, -0.05) is 6.07 Å². The van der Waals surface area contributed by atoms with Crippen LogP contribution in [0.3, 0.4) is 0 Å². The van der Waals surface area contributed by atoms with E-state index in [0.29, 0.717) is 11.3 Å². The molecular weight excluding hydrogens is 498 g/mol. The first-order valence-corrected chi connectivity index (χ1v) is 12.9. The standard InChI is InChI=1S/C26H25N3O7S/c1-3-36-26(32)19-6-8-20(9-7-19)29-24(30)15-23(25(29)31)28(17-18-5-4-14-27-16-18)37(33,34)22-12-10-21(35-2)11-13-22/h4-14,16,23H,3,15,17H2,1-2H3. The summed E-state index contributed by atoms with van der Waals surface area (Å²) in [7, 11) is -2.74. The highest BCUT2D eigenvalue weighted by molar-refractivity contribution is 7.89. The zero-order chi connectivity index (χ0) is 26.6. The summed E-state index contributed by atoms with van der Waals surface area (Å²) in [5.74, 6) is -1.29. The smallest absolute Gasteiger partial charge is 0.338 e. The number of pyridine rings is 1. The van der Waals surface area contributed by atoms with Crippen molar-refractivity contribution in [3.8, 4) is 5.75 Å². The van der Waals surface area contributed by atoms with Crippen molar-refractivity contribution in [1.29, 1.82) is 0 Å². The van der Waals surface area contributed by atoms with Crippen molar-refractivity contribution in [3.63, 3.8) is 0 Å². The first-order chi connectivity index (χ1) is 17.8. The lowest BCUT2D eigenvalue weighted by atomic mass is 10.2. The van der Waals surface area contributed by atoms with Crippen LogP contribution in [0.15, 0.2) is 78.0 Å². The van der Waals surface area contributed by atoms with Gasteiger partial charge in [-0.05, 0) is 67.1 Å². The number of anilines is 1. The van der Waals surface area contributed by atoms with Gasteiger partial charge in [0.15, 0.2) is 0 Å². The van der Waals surface area contributed by atoms with Gasteiger partial charge in [0.05, 0.1) is 36.3 Å². The largest absolute Gasteiger partial charge is 0.497 e. The number of imide groups is 1. The number of ether oxygens (including phenoxy) is 2. The average molecular weight is 524 g/mol. The van der Waals surface area contributed by atoms with Crippen LogP contribution in [0.4, 0.5) is 5.69 Å². The summed E-state index contributed by atoms with van der Waals surface area (Å²) in [5, 5.41) is 0. The topological polar surface area (TPSA) is 123 Å². The van der Waals surface area contributed by atoms with E-state index < -0.39 is 33.8 Å². The number of hydrogen-bond acceptors (Lipinski definition) is 8. The summed E-state index contributed by atoms with van der Waals surface area (Å²) in [5.41, 5.74) is 1.05. The van der Waals surface area contributed by atoms with E-state index in [4.69, 9.17) is 9.47 Å². The first-order valence-electron chi connectivity index (χ1n) is 11.4. The van der Waals surface area contributed by atoms with E-state index in [1.807, 2.05) is 0 Å². The van der Waals surface area contributed by atoms with Crippen LogP contribution < -0.4 is 9.64 Å². The van der Waals surface area contributed by atoms with Gasteiger partial charge in [0, 0.05) is 18.9 Å². The third-order valence-corrected chi connectivity index (χ3v) is 7.70. The monoisotopic (exact) mass is 523 g/mol. The fourth-order valence-electron chi connectivity index (χ4n) is 3.99. The van der Waals surface area contributed by atoms with Gasteiger partial charge in [-0.15, -0.1) is 0 Å². The number of amides is 2. The summed E-state index contributed by atoms with van der Waals surface area (Å²) < 4.78 is 38.6. The van der Waals surface area contributed by atoms with E-state index in [9.17, 15) is 22.8 Å². The Kier molecular flexibility index (Phi) is 7.65. The van der Waals surface area contributed by atoms with Gasteiger partial charge in [0.25, 0.3) is 5.91 Å². The lowest BCUT2D eigenvalue weighted by molar-refractivity contribution is -0.122. The fourth-order valence-corrected chi connectivity index (χ4v) is 5.56. The van der Waals surface area contributed by atoms with Crippen LogP contribution in [0.25, 0.3) is 0 Å². The summed E-state index contributed by atoms with van der Waals surface area (Å²) in [6.45, 7) is 1.73. The summed E-state index contributed by atoms with van der Waals surface area (Å²) in [6, 6.07) is 13.7. The summed E-state index contributed by atoms with van der Waals surface area (Å²) in [6.07, 6.45) is 2.72. The van der Waals surface area contributed by atoms with Crippen LogP contribution >= 0.6 is 0 Å². The van der Waals surface area contributed by atoms with Crippen molar-refractivity contribution in [2.24, 2.45) is 0 Å². The van der Waals surface area contributed by atoms with Gasteiger partial charge in [0.2, 0.25) is 15.9 Å². The molecule has 2 aromatic carbocycles. The SMILES string of the molecule is CCOC(=O)c1ccc(N2C(=O)CC(N(Cc3cccnc3)S(=O)(=O)c3ccc(OC)cc3)C2=O)cc1. The third kappa shape index (κ3) is 5.37. The fraction of sp³-hybridized carbons (Fsp3) is 0.231. The van der Waals surface area contributed by atoms with E-state index in [1.54, 1.807) is 25.3 Å². The lowest BCUT2D eigenvalue weighted by Crippen LogP contribution is -2.45. The maximum Gasteiger partial charge on any atom is 0.338 e. The highest BCUT2D eigenvalue weighted by Gasteiger charge is 2.47. The molecule has 1 atom stereocenters. The molecule has 192 valence electrons.